The first-order valence-corrected chi connectivity index (χ1v) is 10.4. The fourth-order valence-corrected chi connectivity index (χ4v) is 3.91. The summed E-state index contributed by atoms with van der Waals surface area (Å²) in [5.41, 5.74) is 3.86. The molecule has 25 heavy (non-hydrogen) atoms. The van der Waals surface area contributed by atoms with Crippen LogP contribution in [-0.4, -0.2) is 18.9 Å². The number of allylic oxidation sites excluding steroid dienone is 2. The lowest BCUT2D eigenvalue weighted by atomic mass is 9.88. The number of ether oxygens (including phenoxy) is 1. The molecular formula is C23H33NO. The quantitative estimate of drug-likeness (QED) is 0.522. The summed E-state index contributed by atoms with van der Waals surface area (Å²) in [5, 5.41) is 0. The standard InChI is InChI=1S/C23H33NO/c1-2-3-4-8-17-25-21-12-13-22-20(18-21)15-16-24-23(22)14-11-19-9-6-5-7-10-19/h11-14,18-19H,2-10,15-17H2,1H3/b14-11+. The zero-order valence-electron chi connectivity index (χ0n) is 15.8. The van der Waals surface area contributed by atoms with E-state index in [1.54, 1.807) is 0 Å². The van der Waals surface area contributed by atoms with Crippen LogP contribution in [0.2, 0.25) is 0 Å². The molecule has 1 heterocycles. The van der Waals surface area contributed by atoms with Crippen molar-refractivity contribution in [3.05, 3.63) is 41.5 Å². The third kappa shape index (κ3) is 5.45. The van der Waals surface area contributed by atoms with Crippen molar-refractivity contribution in [1.82, 2.24) is 0 Å². The lowest BCUT2D eigenvalue weighted by Gasteiger charge is -2.19. The normalized spacial score (nSPS) is 18.2. The highest BCUT2D eigenvalue weighted by Crippen LogP contribution is 2.26. The highest BCUT2D eigenvalue weighted by molar-refractivity contribution is 6.10. The molecule has 1 aliphatic carbocycles. The van der Waals surface area contributed by atoms with E-state index in [-0.39, 0.29) is 0 Å². The Balaban J connectivity index is 1.58. The van der Waals surface area contributed by atoms with Gasteiger partial charge in [-0.05, 0) is 61.4 Å². The summed E-state index contributed by atoms with van der Waals surface area (Å²) in [7, 11) is 0. The number of fused-ring (bicyclic) bond motifs is 1. The topological polar surface area (TPSA) is 21.6 Å². The third-order valence-electron chi connectivity index (χ3n) is 5.46. The highest BCUT2D eigenvalue weighted by atomic mass is 16.5. The minimum Gasteiger partial charge on any atom is -0.494 e. The summed E-state index contributed by atoms with van der Waals surface area (Å²) in [6.07, 6.45) is 17.6. The van der Waals surface area contributed by atoms with E-state index in [0.717, 1.165) is 37.7 Å². The number of aliphatic imine (C=N–C) groups is 1. The van der Waals surface area contributed by atoms with Gasteiger partial charge in [-0.25, -0.2) is 0 Å². The Bertz CT molecular complexity index is 596. The molecule has 1 aromatic carbocycles. The number of hydrogen-bond acceptors (Lipinski definition) is 2. The number of rotatable bonds is 8. The Hall–Kier alpha value is -1.57. The van der Waals surface area contributed by atoms with Crippen molar-refractivity contribution in [1.29, 1.82) is 0 Å². The first kappa shape index (κ1) is 18.2. The molecule has 2 aliphatic rings. The van der Waals surface area contributed by atoms with Crippen molar-refractivity contribution in [2.24, 2.45) is 10.9 Å². The van der Waals surface area contributed by atoms with E-state index in [9.17, 15) is 0 Å². The minimum absolute atomic E-state index is 0.757. The van der Waals surface area contributed by atoms with Crippen LogP contribution in [0.5, 0.6) is 5.75 Å². The van der Waals surface area contributed by atoms with Gasteiger partial charge in [0.25, 0.3) is 0 Å². The van der Waals surface area contributed by atoms with E-state index in [1.807, 2.05) is 0 Å². The zero-order valence-corrected chi connectivity index (χ0v) is 15.8. The molecule has 0 N–H and O–H groups in total. The fraction of sp³-hybridized carbons (Fsp3) is 0.609. The molecule has 0 atom stereocenters. The number of benzene rings is 1. The van der Waals surface area contributed by atoms with Crippen molar-refractivity contribution in [3.63, 3.8) is 0 Å². The molecule has 3 rings (SSSR count). The smallest absolute Gasteiger partial charge is 0.119 e. The van der Waals surface area contributed by atoms with Gasteiger partial charge in [0, 0.05) is 12.1 Å². The SMILES string of the molecule is CCCCCCOc1ccc2c(c1)CCN=C2/C=C/C1CCCCC1. The Kier molecular flexibility index (Phi) is 7.14. The maximum atomic E-state index is 5.95. The van der Waals surface area contributed by atoms with Gasteiger partial charge in [0.2, 0.25) is 0 Å². The first-order chi connectivity index (χ1) is 12.4. The molecule has 0 unspecified atom stereocenters. The minimum atomic E-state index is 0.757. The van der Waals surface area contributed by atoms with E-state index < -0.39 is 0 Å². The number of nitrogens with zero attached hydrogens (tertiary/aromatic N) is 1. The van der Waals surface area contributed by atoms with E-state index in [4.69, 9.17) is 9.73 Å². The fourth-order valence-electron chi connectivity index (χ4n) is 3.91. The monoisotopic (exact) mass is 339 g/mol. The summed E-state index contributed by atoms with van der Waals surface area (Å²) < 4.78 is 5.95. The highest BCUT2D eigenvalue weighted by Gasteiger charge is 2.15. The van der Waals surface area contributed by atoms with Crippen LogP contribution >= 0.6 is 0 Å². The second kappa shape index (κ2) is 9.79. The molecule has 0 spiro atoms. The molecule has 2 nitrogen and oxygen atoms in total. The third-order valence-corrected chi connectivity index (χ3v) is 5.46. The van der Waals surface area contributed by atoms with Crippen molar-refractivity contribution < 1.29 is 4.74 Å². The molecular weight excluding hydrogens is 306 g/mol. The van der Waals surface area contributed by atoms with E-state index in [0.29, 0.717) is 0 Å². The van der Waals surface area contributed by atoms with Crippen molar-refractivity contribution in [2.45, 2.75) is 71.1 Å². The predicted molar refractivity (Wildman–Crippen MR) is 107 cm³/mol. The van der Waals surface area contributed by atoms with Gasteiger partial charge in [0.15, 0.2) is 0 Å². The van der Waals surface area contributed by atoms with Crippen LogP contribution in [-0.2, 0) is 6.42 Å². The molecule has 0 amide bonds. The average molecular weight is 340 g/mol. The molecule has 136 valence electrons. The lowest BCUT2D eigenvalue weighted by molar-refractivity contribution is 0.305. The second-order valence-corrected chi connectivity index (χ2v) is 7.50. The van der Waals surface area contributed by atoms with Gasteiger partial charge in [0.05, 0.1) is 12.3 Å². The average Bonchev–Trinajstić information content (AvgIpc) is 2.67. The van der Waals surface area contributed by atoms with Gasteiger partial charge in [-0.3, -0.25) is 4.99 Å². The molecule has 1 aliphatic heterocycles. The molecule has 1 fully saturated rings. The van der Waals surface area contributed by atoms with Crippen LogP contribution < -0.4 is 4.74 Å². The van der Waals surface area contributed by atoms with Gasteiger partial charge in [-0.1, -0.05) is 51.5 Å². The van der Waals surface area contributed by atoms with E-state index >= 15 is 0 Å². The molecule has 1 aromatic rings. The molecule has 0 aromatic heterocycles. The molecule has 0 bridgehead atoms. The van der Waals surface area contributed by atoms with Gasteiger partial charge < -0.3 is 4.74 Å². The second-order valence-electron chi connectivity index (χ2n) is 7.50. The van der Waals surface area contributed by atoms with Crippen LogP contribution in [0.25, 0.3) is 0 Å². The van der Waals surface area contributed by atoms with Crippen molar-refractivity contribution in [3.8, 4) is 5.75 Å². The maximum absolute atomic E-state index is 5.95. The maximum Gasteiger partial charge on any atom is 0.119 e. The van der Waals surface area contributed by atoms with Gasteiger partial charge >= 0.3 is 0 Å². The Morgan fingerprint density at radius 2 is 2.00 bits per heavy atom. The van der Waals surface area contributed by atoms with Crippen LogP contribution in [0.4, 0.5) is 0 Å². The summed E-state index contributed by atoms with van der Waals surface area (Å²) >= 11 is 0. The van der Waals surface area contributed by atoms with Crippen LogP contribution in [0.15, 0.2) is 35.3 Å². The summed E-state index contributed by atoms with van der Waals surface area (Å²) in [5.74, 6) is 1.78. The molecule has 2 heteroatoms. The van der Waals surface area contributed by atoms with Gasteiger partial charge in [0.1, 0.15) is 5.75 Å². The zero-order chi connectivity index (χ0) is 17.3. The van der Waals surface area contributed by atoms with Gasteiger partial charge in [-0.2, -0.15) is 0 Å². The lowest BCUT2D eigenvalue weighted by Crippen LogP contribution is -2.12. The summed E-state index contributed by atoms with van der Waals surface area (Å²) in [4.78, 5) is 4.77. The summed E-state index contributed by atoms with van der Waals surface area (Å²) in [6.45, 7) is 3.98. The first-order valence-electron chi connectivity index (χ1n) is 10.4. The van der Waals surface area contributed by atoms with Crippen molar-refractivity contribution in [2.75, 3.05) is 13.2 Å². The molecule has 0 saturated heterocycles. The van der Waals surface area contributed by atoms with Crippen LogP contribution in [0.3, 0.4) is 0 Å². The van der Waals surface area contributed by atoms with E-state index in [1.165, 1.54) is 68.2 Å². The molecule has 0 radical (unpaired) electrons. The number of unbranched alkanes of at least 4 members (excludes halogenated alkanes) is 3. The Morgan fingerprint density at radius 3 is 2.84 bits per heavy atom. The van der Waals surface area contributed by atoms with Crippen LogP contribution in [0, 0.1) is 5.92 Å². The Labute approximate surface area is 153 Å². The molecule has 1 saturated carbocycles. The summed E-state index contributed by atoms with van der Waals surface area (Å²) in [6, 6.07) is 6.56. The largest absolute Gasteiger partial charge is 0.494 e. The number of hydrogen-bond donors (Lipinski definition) is 0. The van der Waals surface area contributed by atoms with E-state index in [2.05, 4.69) is 37.3 Å². The van der Waals surface area contributed by atoms with Gasteiger partial charge in [-0.15, -0.1) is 0 Å². The van der Waals surface area contributed by atoms with Crippen LogP contribution in [0.1, 0.15) is 75.8 Å². The van der Waals surface area contributed by atoms with Crippen molar-refractivity contribution >= 4 is 5.71 Å². The predicted octanol–water partition coefficient (Wildman–Crippen LogP) is 6.13. The Morgan fingerprint density at radius 1 is 1.12 bits per heavy atom.